The van der Waals surface area contributed by atoms with Crippen LogP contribution < -0.4 is 10.2 Å². The molecule has 1 aliphatic rings. The van der Waals surface area contributed by atoms with Crippen molar-refractivity contribution in [3.63, 3.8) is 0 Å². The largest absolute Gasteiger partial charge is 0.384 e. The van der Waals surface area contributed by atoms with Gasteiger partial charge in [-0.25, -0.2) is 0 Å². The molecule has 21 heavy (non-hydrogen) atoms. The van der Waals surface area contributed by atoms with Gasteiger partial charge in [-0.05, 0) is 30.9 Å². The molecular formula is C17H27ClN2O. The molecule has 1 heterocycles. The third-order valence-corrected chi connectivity index (χ3v) is 4.40. The van der Waals surface area contributed by atoms with Crippen molar-refractivity contribution in [1.82, 2.24) is 5.32 Å². The maximum absolute atomic E-state index is 6.44. The van der Waals surface area contributed by atoms with E-state index in [4.69, 9.17) is 16.3 Å². The molecule has 1 aromatic rings. The van der Waals surface area contributed by atoms with E-state index in [0.717, 1.165) is 31.3 Å². The number of anilines is 1. The van der Waals surface area contributed by atoms with E-state index in [2.05, 4.69) is 36.2 Å². The molecule has 0 aromatic heterocycles. The Morgan fingerprint density at radius 3 is 2.95 bits per heavy atom. The molecular weight excluding hydrogens is 284 g/mol. The van der Waals surface area contributed by atoms with Crippen LogP contribution in [0.4, 0.5) is 5.69 Å². The molecule has 1 saturated heterocycles. The third-order valence-electron chi connectivity index (χ3n) is 4.04. The van der Waals surface area contributed by atoms with Gasteiger partial charge >= 0.3 is 0 Å². The van der Waals surface area contributed by atoms with Crippen LogP contribution in [-0.4, -0.2) is 32.8 Å². The second-order valence-corrected chi connectivity index (χ2v) is 6.59. The lowest BCUT2D eigenvalue weighted by atomic mass is 9.97. The highest BCUT2D eigenvalue weighted by Crippen LogP contribution is 2.31. The average Bonchev–Trinajstić information content (AvgIpc) is 2.46. The number of nitrogens with zero attached hydrogens (tertiary/aromatic N) is 1. The van der Waals surface area contributed by atoms with E-state index in [0.29, 0.717) is 12.0 Å². The van der Waals surface area contributed by atoms with Crippen molar-refractivity contribution < 1.29 is 4.74 Å². The van der Waals surface area contributed by atoms with Crippen LogP contribution in [0.3, 0.4) is 0 Å². The fraction of sp³-hybridized carbons (Fsp3) is 0.647. The van der Waals surface area contributed by atoms with Crippen molar-refractivity contribution in [1.29, 1.82) is 0 Å². The van der Waals surface area contributed by atoms with Crippen LogP contribution in [-0.2, 0) is 11.3 Å². The van der Waals surface area contributed by atoms with Gasteiger partial charge in [0, 0.05) is 49.1 Å². The van der Waals surface area contributed by atoms with Crippen molar-refractivity contribution in [3.8, 4) is 0 Å². The molecule has 3 nitrogen and oxygen atoms in total. The van der Waals surface area contributed by atoms with Gasteiger partial charge in [0.25, 0.3) is 0 Å². The second kappa shape index (κ2) is 8.02. The summed E-state index contributed by atoms with van der Waals surface area (Å²) >= 11 is 6.44. The molecule has 0 amide bonds. The Kier molecular flexibility index (Phi) is 6.34. The van der Waals surface area contributed by atoms with Crippen LogP contribution in [0.2, 0.25) is 5.02 Å². The monoisotopic (exact) mass is 310 g/mol. The number of nitrogens with one attached hydrogen (secondary N) is 1. The van der Waals surface area contributed by atoms with Gasteiger partial charge in [-0.2, -0.15) is 0 Å². The van der Waals surface area contributed by atoms with E-state index in [9.17, 15) is 0 Å². The standard InChI is InChI=1S/C17H27ClN2O/c1-13(2)19-10-15-16(18)7-4-8-17(15)20-9-5-6-14(11-20)12-21-3/h4,7-8,13-14,19H,5-6,9-12H2,1-3H3. The Morgan fingerprint density at radius 2 is 2.24 bits per heavy atom. The SMILES string of the molecule is COCC1CCCN(c2cccc(Cl)c2CNC(C)C)C1. The number of hydrogen-bond donors (Lipinski definition) is 1. The predicted molar refractivity (Wildman–Crippen MR) is 90.2 cm³/mol. The molecule has 1 atom stereocenters. The zero-order valence-electron chi connectivity index (χ0n) is 13.4. The van der Waals surface area contributed by atoms with E-state index in [-0.39, 0.29) is 0 Å². The van der Waals surface area contributed by atoms with Crippen LogP contribution in [0.15, 0.2) is 18.2 Å². The second-order valence-electron chi connectivity index (χ2n) is 6.18. The van der Waals surface area contributed by atoms with Crippen LogP contribution in [0.1, 0.15) is 32.3 Å². The topological polar surface area (TPSA) is 24.5 Å². The maximum atomic E-state index is 6.44. The molecule has 2 rings (SSSR count). The molecule has 1 aliphatic heterocycles. The van der Waals surface area contributed by atoms with E-state index in [1.807, 2.05) is 6.07 Å². The van der Waals surface area contributed by atoms with Crippen LogP contribution in [0.25, 0.3) is 0 Å². The fourth-order valence-electron chi connectivity index (χ4n) is 2.98. The highest BCUT2D eigenvalue weighted by Gasteiger charge is 2.22. The Morgan fingerprint density at radius 1 is 1.43 bits per heavy atom. The molecule has 0 radical (unpaired) electrons. The van der Waals surface area contributed by atoms with E-state index in [1.54, 1.807) is 7.11 Å². The molecule has 1 unspecified atom stereocenters. The summed E-state index contributed by atoms with van der Waals surface area (Å²) in [6, 6.07) is 6.69. The Balaban J connectivity index is 2.15. The first kappa shape index (κ1) is 16.6. The summed E-state index contributed by atoms with van der Waals surface area (Å²) in [6.45, 7) is 8.14. The van der Waals surface area contributed by atoms with Crippen molar-refractivity contribution in [2.75, 3.05) is 31.7 Å². The first-order valence-corrected chi connectivity index (χ1v) is 8.24. The van der Waals surface area contributed by atoms with Crippen molar-refractivity contribution in [2.24, 2.45) is 5.92 Å². The summed E-state index contributed by atoms with van der Waals surface area (Å²) in [5.41, 5.74) is 2.49. The van der Waals surface area contributed by atoms with Gasteiger partial charge in [-0.1, -0.05) is 31.5 Å². The summed E-state index contributed by atoms with van der Waals surface area (Å²) in [4.78, 5) is 2.47. The third kappa shape index (κ3) is 4.60. The van der Waals surface area contributed by atoms with Crippen LogP contribution >= 0.6 is 11.6 Å². The first-order chi connectivity index (χ1) is 10.1. The van der Waals surface area contributed by atoms with Gasteiger partial charge in [0.05, 0.1) is 6.61 Å². The Bertz CT molecular complexity index is 448. The molecule has 0 saturated carbocycles. The molecule has 0 spiro atoms. The summed E-state index contributed by atoms with van der Waals surface area (Å²) in [5, 5.41) is 4.34. The van der Waals surface area contributed by atoms with Crippen molar-refractivity contribution in [2.45, 2.75) is 39.3 Å². The van der Waals surface area contributed by atoms with Gasteiger partial charge in [0.1, 0.15) is 0 Å². The smallest absolute Gasteiger partial charge is 0.0507 e. The molecule has 0 aliphatic carbocycles. The lowest BCUT2D eigenvalue weighted by molar-refractivity contribution is 0.143. The zero-order chi connectivity index (χ0) is 15.2. The minimum absolute atomic E-state index is 0.455. The van der Waals surface area contributed by atoms with Crippen molar-refractivity contribution in [3.05, 3.63) is 28.8 Å². The number of rotatable bonds is 6. The number of piperidine rings is 1. The number of ether oxygens (including phenoxy) is 1. The number of benzene rings is 1. The van der Waals surface area contributed by atoms with Gasteiger partial charge < -0.3 is 15.0 Å². The van der Waals surface area contributed by atoms with Crippen molar-refractivity contribution >= 4 is 17.3 Å². The highest BCUT2D eigenvalue weighted by molar-refractivity contribution is 6.31. The molecule has 1 N–H and O–H groups in total. The molecule has 1 fully saturated rings. The number of hydrogen-bond acceptors (Lipinski definition) is 3. The predicted octanol–water partition coefficient (Wildman–Crippen LogP) is 3.70. The molecule has 1 aromatic carbocycles. The van der Waals surface area contributed by atoms with Gasteiger partial charge in [0.2, 0.25) is 0 Å². The first-order valence-electron chi connectivity index (χ1n) is 7.86. The van der Waals surface area contributed by atoms with E-state index < -0.39 is 0 Å². The van der Waals surface area contributed by atoms with Gasteiger partial charge in [0.15, 0.2) is 0 Å². The summed E-state index contributed by atoms with van der Waals surface area (Å²) in [5.74, 6) is 0.619. The van der Waals surface area contributed by atoms with Gasteiger partial charge in [-0.15, -0.1) is 0 Å². The van der Waals surface area contributed by atoms with E-state index in [1.165, 1.54) is 24.1 Å². The summed E-state index contributed by atoms with van der Waals surface area (Å²) in [7, 11) is 1.79. The quantitative estimate of drug-likeness (QED) is 0.867. The Labute approximate surface area is 133 Å². The number of methoxy groups -OCH3 is 1. The normalized spacial score (nSPS) is 19.3. The lowest BCUT2D eigenvalue weighted by Gasteiger charge is -2.35. The maximum Gasteiger partial charge on any atom is 0.0507 e. The van der Waals surface area contributed by atoms with Crippen LogP contribution in [0, 0.1) is 5.92 Å². The minimum atomic E-state index is 0.455. The van der Waals surface area contributed by atoms with Gasteiger partial charge in [-0.3, -0.25) is 0 Å². The van der Waals surface area contributed by atoms with E-state index >= 15 is 0 Å². The Hall–Kier alpha value is -0.770. The molecule has 118 valence electrons. The van der Waals surface area contributed by atoms with Crippen LogP contribution in [0.5, 0.6) is 0 Å². The number of halogens is 1. The fourth-order valence-corrected chi connectivity index (χ4v) is 3.22. The zero-order valence-corrected chi connectivity index (χ0v) is 14.1. The molecule has 0 bridgehead atoms. The summed E-state index contributed by atoms with van der Waals surface area (Å²) in [6.07, 6.45) is 2.47. The average molecular weight is 311 g/mol. The lowest BCUT2D eigenvalue weighted by Crippen LogP contribution is -2.38. The summed E-state index contributed by atoms with van der Waals surface area (Å²) < 4.78 is 5.33. The minimum Gasteiger partial charge on any atom is -0.384 e. The molecule has 4 heteroatoms. The highest BCUT2D eigenvalue weighted by atomic mass is 35.5.